The van der Waals surface area contributed by atoms with Crippen LogP contribution in [0.3, 0.4) is 0 Å². The molecule has 1 aliphatic rings. The van der Waals surface area contributed by atoms with Crippen LogP contribution in [0.5, 0.6) is 5.75 Å². The lowest BCUT2D eigenvalue weighted by Gasteiger charge is -2.22. The number of ether oxygens (including phenoxy) is 1. The highest BCUT2D eigenvalue weighted by Crippen LogP contribution is 2.32. The molecular formula is C9H10ClNO. The Kier molecular flexibility index (Phi) is 1.95. The van der Waals surface area contributed by atoms with Crippen LogP contribution < -0.4 is 10.5 Å². The fourth-order valence-electron chi connectivity index (χ4n) is 1.39. The van der Waals surface area contributed by atoms with Gasteiger partial charge in [-0.2, -0.15) is 0 Å². The Morgan fingerprint density at radius 1 is 1.50 bits per heavy atom. The van der Waals surface area contributed by atoms with E-state index in [0.29, 0.717) is 11.6 Å². The number of halogens is 1. The molecule has 2 rings (SSSR count). The zero-order valence-corrected chi connectivity index (χ0v) is 7.34. The third kappa shape index (κ3) is 1.28. The van der Waals surface area contributed by atoms with Crippen LogP contribution >= 0.6 is 11.6 Å². The van der Waals surface area contributed by atoms with Crippen molar-refractivity contribution < 1.29 is 4.74 Å². The maximum Gasteiger partial charge on any atom is 0.125 e. The number of rotatable bonds is 0. The van der Waals surface area contributed by atoms with E-state index in [1.165, 1.54) is 0 Å². The van der Waals surface area contributed by atoms with Crippen LogP contribution in [0.15, 0.2) is 18.2 Å². The SMILES string of the molecule is N[C@@H]1CCOc2cc(Cl)ccc21. The van der Waals surface area contributed by atoms with Crippen LogP contribution in [0.25, 0.3) is 0 Å². The first-order chi connectivity index (χ1) is 5.77. The highest BCUT2D eigenvalue weighted by atomic mass is 35.5. The number of fused-ring (bicyclic) bond motifs is 1. The van der Waals surface area contributed by atoms with Crippen LogP contribution in [-0.4, -0.2) is 6.61 Å². The van der Waals surface area contributed by atoms with E-state index in [2.05, 4.69) is 0 Å². The minimum absolute atomic E-state index is 0.103. The topological polar surface area (TPSA) is 35.2 Å². The van der Waals surface area contributed by atoms with E-state index in [1.54, 1.807) is 0 Å². The van der Waals surface area contributed by atoms with Gasteiger partial charge in [-0.1, -0.05) is 17.7 Å². The van der Waals surface area contributed by atoms with Crippen molar-refractivity contribution in [3.8, 4) is 5.75 Å². The average molecular weight is 184 g/mol. The molecule has 1 heterocycles. The number of hydrogen-bond acceptors (Lipinski definition) is 2. The Balaban J connectivity index is 2.46. The smallest absolute Gasteiger partial charge is 0.125 e. The summed E-state index contributed by atoms with van der Waals surface area (Å²) < 4.78 is 5.41. The van der Waals surface area contributed by atoms with Crippen LogP contribution in [0, 0.1) is 0 Å². The van der Waals surface area contributed by atoms with Crippen LogP contribution in [0.4, 0.5) is 0 Å². The lowest BCUT2D eigenvalue weighted by molar-refractivity contribution is 0.269. The Hall–Kier alpha value is -0.730. The lowest BCUT2D eigenvalue weighted by atomic mass is 10.0. The lowest BCUT2D eigenvalue weighted by Crippen LogP contribution is -2.20. The molecule has 1 atom stereocenters. The highest BCUT2D eigenvalue weighted by molar-refractivity contribution is 6.30. The van der Waals surface area contributed by atoms with Crippen LogP contribution in [0.2, 0.25) is 5.02 Å². The van der Waals surface area contributed by atoms with E-state index in [0.717, 1.165) is 17.7 Å². The van der Waals surface area contributed by atoms with Gasteiger partial charge >= 0.3 is 0 Å². The van der Waals surface area contributed by atoms with Gasteiger partial charge in [0.1, 0.15) is 5.75 Å². The maximum atomic E-state index is 5.87. The molecule has 0 saturated heterocycles. The van der Waals surface area contributed by atoms with Gasteiger partial charge in [0.05, 0.1) is 6.61 Å². The van der Waals surface area contributed by atoms with Gasteiger partial charge in [0.2, 0.25) is 0 Å². The molecule has 0 unspecified atom stereocenters. The van der Waals surface area contributed by atoms with E-state index in [-0.39, 0.29) is 6.04 Å². The molecule has 1 aliphatic heterocycles. The van der Waals surface area contributed by atoms with Crippen molar-refractivity contribution in [3.63, 3.8) is 0 Å². The molecule has 1 aromatic carbocycles. The molecule has 0 spiro atoms. The van der Waals surface area contributed by atoms with Crippen LogP contribution in [0.1, 0.15) is 18.0 Å². The largest absolute Gasteiger partial charge is 0.493 e. The summed E-state index contributed by atoms with van der Waals surface area (Å²) in [5, 5.41) is 0.697. The first-order valence-electron chi connectivity index (χ1n) is 3.95. The fourth-order valence-corrected chi connectivity index (χ4v) is 1.55. The molecule has 64 valence electrons. The predicted molar refractivity (Wildman–Crippen MR) is 48.5 cm³/mol. The molecule has 2 nitrogen and oxygen atoms in total. The fraction of sp³-hybridized carbons (Fsp3) is 0.333. The van der Waals surface area contributed by atoms with Crippen molar-refractivity contribution in [1.82, 2.24) is 0 Å². The summed E-state index contributed by atoms with van der Waals surface area (Å²) in [6, 6.07) is 5.69. The molecule has 3 heteroatoms. The number of hydrogen-bond donors (Lipinski definition) is 1. The summed E-state index contributed by atoms with van der Waals surface area (Å²) in [7, 11) is 0. The Morgan fingerprint density at radius 3 is 3.17 bits per heavy atom. The summed E-state index contributed by atoms with van der Waals surface area (Å²) in [5.74, 6) is 0.834. The molecule has 0 amide bonds. The molecular weight excluding hydrogens is 174 g/mol. The van der Waals surface area contributed by atoms with Gasteiger partial charge < -0.3 is 10.5 Å². The average Bonchev–Trinajstić information content (AvgIpc) is 2.04. The summed E-state index contributed by atoms with van der Waals surface area (Å²) in [5.41, 5.74) is 6.93. The van der Waals surface area contributed by atoms with Crippen molar-refractivity contribution in [1.29, 1.82) is 0 Å². The minimum Gasteiger partial charge on any atom is -0.493 e. The molecule has 0 radical (unpaired) electrons. The third-order valence-corrected chi connectivity index (χ3v) is 2.30. The monoisotopic (exact) mass is 183 g/mol. The van der Waals surface area contributed by atoms with Crippen molar-refractivity contribution in [3.05, 3.63) is 28.8 Å². The van der Waals surface area contributed by atoms with Crippen molar-refractivity contribution in [2.24, 2.45) is 5.73 Å². The van der Waals surface area contributed by atoms with Gasteiger partial charge in [0.25, 0.3) is 0 Å². The van der Waals surface area contributed by atoms with E-state index in [4.69, 9.17) is 22.1 Å². The first-order valence-corrected chi connectivity index (χ1v) is 4.33. The van der Waals surface area contributed by atoms with Gasteiger partial charge in [0, 0.05) is 23.0 Å². The molecule has 0 fully saturated rings. The molecule has 0 saturated carbocycles. The van der Waals surface area contributed by atoms with Gasteiger partial charge in [-0.15, -0.1) is 0 Å². The molecule has 2 N–H and O–H groups in total. The van der Waals surface area contributed by atoms with E-state index in [1.807, 2.05) is 18.2 Å². The van der Waals surface area contributed by atoms with Gasteiger partial charge in [0.15, 0.2) is 0 Å². The second-order valence-corrected chi connectivity index (χ2v) is 3.36. The van der Waals surface area contributed by atoms with Crippen molar-refractivity contribution >= 4 is 11.6 Å². The van der Waals surface area contributed by atoms with Gasteiger partial charge in [-0.3, -0.25) is 0 Å². The van der Waals surface area contributed by atoms with E-state index >= 15 is 0 Å². The molecule has 0 aliphatic carbocycles. The quantitative estimate of drug-likeness (QED) is 0.669. The minimum atomic E-state index is 0.103. The third-order valence-electron chi connectivity index (χ3n) is 2.06. The van der Waals surface area contributed by atoms with Gasteiger partial charge in [-0.25, -0.2) is 0 Å². The summed E-state index contributed by atoms with van der Waals surface area (Å²) in [4.78, 5) is 0. The van der Waals surface area contributed by atoms with E-state index in [9.17, 15) is 0 Å². The Labute approximate surface area is 76.3 Å². The summed E-state index contributed by atoms with van der Waals surface area (Å²) >= 11 is 5.80. The second-order valence-electron chi connectivity index (χ2n) is 2.93. The molecule has 12 heavy (non-hydrogen) atoms. The van der Waals surface area contributed by atoms with Crippen molar-refractivity contribution in [2.45, 2.75) is 12.5 Å². The molecule has 1 aromatic rings. The van der Waals surface area contributed by atoms with Gasteiger partial charge in [-0.05, 0) is 12.1 Å². The first kappa shape index (κ1) is 7.90. The second kappa shape index (κ2) is 2.96. The standard InChI is InChI=1S/C9H10ClNO/c10-6-1-2-7-8(11)3-4-12-9(7)5-6/h1-2,5,8H,3-4,11H2/t8-/m1/s1. The Bertz CT molecular complexity index is 301. The summed E-state index contributed by atoms with van der Waals surface area (Å²) in [6.45, 7) is 0.689. The number of nitrogens with two attached hydrogens (primary N) is 1. The van der Waals surface area contributed by atoms with Crippen LogP contribution in [-0.2, 0) is 0 Å². The van der Waals surface area contributed by atoms with E-state index < -0.39 is 0 Å². The highest BCUT2D eigenvalue weighted by Gasteiger charge is 2.17. The molecule has 0 aromatic heterocycles. The zero-order valence-electron chi connectivity index (χ0n) is 6.59. The predicted octanol–water partition coefficient (Wildman–Crippen LogP) is 2.12. The normalized spacial score (nSPS) is 21.3. The van der Waals surface area contributed by atoms with Crippen molar-refractivity contribution in [2.75, 3.05) is 6.61 Å². The molecule has 0 bridgehead atoms. The number of benzene rings is 1. The summed E-state index contributed by atoms with van der Waals surface area (Å²) in [6.07, 6.45) is 0.884. The zero-order chi connectivity index (χ0) is 8.55. The Morgan fingerprint density at radius 2 is 2.33 bits per heavy atom. The maximum absolute atomic E-state index is 5.87.